The van der Waals surface area contributed by atoms with Gasteiger partial charge in [0.25, 0.3) is 11.5 Å². The molecule has 166 valence electrons. The third-order valence-corrected chi connectivity index (χ3v) is 7.66. The maximum absolute atomic E-state index is 13.4. The third kappa shape index (κ3) is 3.50. The number of benzene rings is 1. The lowest BCUT2D eigenvalue weighted by Gasteiger charge is -2.20. The molecular formula is C24H19ClN4O3S. The summed E-state index contributed by atoms with van der Waals surface area (Å²) in [6, 6.07) is 10.6. The molecule has 1 atom stereocenters. The third-order valence-electron chi connectivity index (χ3n) is 6.21. The number of hydrazone groups is 1. The van der Waals surface area contributed by atoms with Gasteiger partial charge >= 0.3 is 0 Å². The van der Waals surface area contributed by atoms with Gasteiger partial charge in [-0.1, -0.05) is 23.7 Å². The van der Waals surface area contributed by atoms with Crippen molar-refractivity contribution in [1.82, 2.24) is 14.6 Å². The molecule has 4 aromatic rings. The lowest BCUT2D eigenvalue weighted by molar-refractivity contribution is -0.134. The number of fused-ring (bicyclic) bond motifs is 3. The van der Waals surface area contributed by atoms with Gasteiger partial charge in [0.1, 0.15) is 23.2 Å². The summed E-state index contributed by atoms with van der Waals surface area (Å²) in [6.45, 7) is -0.138. The second kappa shape index (κ2) is 7.97. The first-order valence-corrected chi connectivity index (χ1v) is 12.0. The van der Waals surface area contributed by atoms with E-state index in [1.54, 1.807) is 35.8 Å². The van der Waals surface area contributed by atoms with Crippen LogP contribution in [0, 0.1) is 0 Å². The highest BCUT2D eigenvalue weighted by atomic mass is 35.5. The maximum Gasteiger partial charge on any atom is 0.263 e. The average molecular weight is 479 g/mol. The molecule has 6 rings (SSSR count). The zero-order valence-corrected chi connectivity index (χ0v) is 19.1. The molecule has 3 aromatic heterocycles. The largest absolute Gasteiger partial charge is 0.467 e. The van der Waals surface area contributed by atoms with Gasteiger partial charge in [0.15, 0.2) is 0 Å². The minimum Gasteiger partial charge on any atom is -0.467 e. The van der Waals surface area contributed by atoms with Gasteiger partial charge in [-0.15, -0.1) is 11.3 Å². The van der Waals surface area contributed by atoms with Crippen LogP contribution in [0.1, 0.15) is 40.6 Å². The minimum atomic E-state index is -0.379. The molecule has 7 nitrogen and oxygen atoms in total. The zero-order chi connectivity index (χ0) is 22.5. The summed E-state index contributed by atoms with van der Waals surface area (Å²) in [7, 11) is 0. The number of rotatable bonds is 4. The number of carbonyl (C=O) groups is 1. The summed E-state index contributed by atoms with van der Waals surface area (Å²) in [4.78, 5) is 33.1. The second-order valence-electron chi connectivity index (χ2n) is 8.24. The summed E-state index contributed by atoms with van der Waals surface area (Å²) in [5, 5.41) is 7.35. The highest BCUT2D eigenvalue weighted by Gasteiger charge is 2.35. The van der Waals surface area contributed by atoms with E-state index in [0.29, 0.717) is 22.6 Å². The van der Waals surface area contributed by atoms with Crippen molar-refractivity contribution in [2.45, 2.75) is 38.3 Å². The van der Waals surface area contributed by atoms with Crippen LogP contribution in [0.3, 0.4) is 0 Å². The Hall–Kier alpha value is -3.23. The quantitative estimate of drug-likeness (QED) is 0.430. The van der Waals surface area contributed by atoms with Crippen molar-refractivity contribution < 1.29 is 9.21 Å². The SMILES string of the molecule is O=C(Cn1cnc2sc3c(c2c1=O)CCC3)N1N=C(c2ccc(Cl)cc2)C[C@@H]1c1ccco1. The van der Waals surface area contributed by atoms with E-state index in [2.05, 4.69) is 10.1 Å². The smallest absolute Gasteiger partial charge is 0.263 e. The number of carbonyl (C=O) groups excluding carboxylic acids is 1. The molecule has 1 aromatic carbocycles. The van der Waals surface area contributed by atoms with Crippen LogP contribution in [0.2, 0.25) is 5.02 Å². The van der Waals surface area contributed by atoms with Gasteiger partial charge in [0.05, 0.1) is 23.7 Å². The van der Waals surface area contributed by atoms with Crippen LogP contribution < -0.4 is 5.56 Å². The van der Waals surface area contributed by atoms with Gasteiger partial charge in [-0.2, -0.15) is 5.10 Å². The Morgan fingerprint density at radius 1 is 1.21 bits per heavy atom. The first-order valence-electron chi connectivity index (χ1n) is 10.8. The van der Waals surface area contributed by atoms with Crippen molar-refractivity contribution in [3.63, 3.8) is 0 Å². The number of halogens is 1. The summed E-state index contributed by atoms with van der Waals surface area (Å²) in [5.41, 5.74) is 2.59. The molecule has 0 spiro atoms. The van der Waals surface area contributed by atoms with Crippen LogP contribution in [-0.2, 0) is 24.2 Å². The highest BCUT2D eigenvalue weighted by Crippen LogP contribution is 2.35. The van der Waals surface area contributed by atoms with Crippen molar-refractivity contribution in [3.05, 3.63) is 86.1 Å². The highest BCUT2D eigenvalue weighted by molar-refractivity contribution is 7.18. The van der Waals surface area contributed by atoms with Crippen molar-refractivity contribution >= 4 is 44.8 Å². The molecule has 0 radical (unpaired) electrons. The van der Waals surface area contributed by atoms with Gasteiger partial charge in [-0.3, -0.25) is 14.2 Å². The molecular weight excluding hydrogens is 460 g/mol. The predicted molar refractivity (Wildman–Crippen MR) is 127 cm³/mol. The van der Waals surface area contributed by atoms with E-state index >= 15 is 0 Å². The van der Waals surface area contributed by atoms with E-state index in [9.17, 15) is 9.59 Å². The molecule has 0 N–H and O–H groups in total. The molecule has 2 aliphatic rings. The van der Waals surface area contributed by atoms with E-state index in [1.807, 2.05) is 18.2 Å². The number of aryl methyl sites for hydroxylation is 2. The van der Waals surface area contributed by atoms with E-state index in [0.717, 1.165) is 40.9 Å². The van der Waals surface area contributed by atoms with Crippen molar-refractivity contribution in [2.24, 2.45) is 5.10 Å². The van der Waals surface area contributed by atoms with Crippen LogP contribution in [0.25, 0.3) is 10.2 Å². The van der Waals surface area contributed by atoms with E-state index in [-0.39, 0.29) is 24.1 Å². The normalized spacial score (nSPS) is 17.5. The number of thiophene rings is 1. The fourth-order valence-corrected chi connectivity index (χ4v) is 5.96. The molecule has 0 unspecified atom stereocenters. The summed E-state index contributed by atoms with van der Waals surface area (Å²) in [6.07, 6.45) is 6.51. The van der Waals surface area contributed by atoms with Crippen LogP contribution in [0.5, 0.6) is 0 Å². The first kappa shape index (κ1) is 20.4. The Bertz CT molecular complexity index is 1450. The summed E-state index contributed by atoms with van der Waals surface area (Å²) in [5.74, 6) is 0.350. The van der Waals surface area contributed by atoms with Crippen LogP contribution >= 0.6 is 22.9 Å². The van der Waals surface area contributed by atoms with Gasteiger partial charge in [-0.05, 0) is 54.7 Å². The van der Waals surface area contributed by atoms with Crippen molar-refractivity contribution in [1.29, 1.82) is 0 Å². The van der Waals surface area contributed by atoms with Crippen molar-refractivity contribution in [2.75, 3.05) is 0 Å². The van der Waals surface area contributed by atoms with Crippen molar-refractivity contribution in [3.8, 4) is 0 Å². The Morgan fingerprint density at radius 2 is 2.06 bits per heavy atom. The van der Waals surface area contributed by atoms with Crippen LogP contribution in [0.15, 0.2) is 63.3 Å². The number of hydrogen-bond donors (Lipinski definition) is 0. The Balaban J connectivity index is 1.34. The molecule has 1 amide bonds. The van der Waals surface area contributed by atoms with E-state index in [1.165, 1.54) is 20.8 Å². The van der Waals surface area contributed by atoms with Crippen LogP contribution in [-0.4, -0.2) is 26.2 Å². The van der Waals surface area contributed by atoms with E-state index in [4.69, 9.17) is 16.0 Å². The Morgan fingerprint density at radius 3 is 2.85 bits per heavy atom. The molecule has 4 heterocycles. The molecule has 0 fully saturated rings. The maximum atomic E-state index is 13.4. The second-order valence-corrected chi connectivity index (χ2v) is 9.76. The number of nitrogens with zero attached hydrogens (tertiary/aromatic N) is 4. The molecule has 1 aliphatic carbocycles. The molecule has 33 heavy (non-hydrogen) atoms. The predicted octanol–water partition coefficient (Wildman–Crippen LogP) is 4.57. The lowest BCUT2D eigenvalue weighted by atomic mass is 10.0. The number of hydrogen-bond acceptors (Lipinski definition) is 6. The summed E-state index contributed by atoms with van der Waals surface area (Å²) >= 11 is 7.61. The standard InChI is InChI=1S/C24H19ClN4O3S/c25-15-8-6-14(7-9-15)17-11-18(19-4-2-10-32-19)29(27-17)21(30)12-28-13-26-23-22(24(28)31)16-3-1-5-20(16)33-23/h2,4,6-10,13,18H,1,3,5,11-12H2/t18-/m1/s1. The fourth-order valence-electron chi connectivity index (χ4n) is 4.61. The van der Waals surface area contributed by atoms with Gasteiger partial charge in [0, 0.05) is 16.3 Å². The lowest BCUT2D eigenvalue weighted by Crippen LogP contribution is -2.34. The monoisotopic (exact) mass is 478 g/mol. The summed E-state index contributed by atoms with van der Waals surface area (Å²) < 4.78 is 7.00. The minimum absolute atomic E-state index is 0.138. The Kier molecular flexibility index (Phi) is 4.92. The molecule has 0 saturated carbocycles. The van der Waals surface area contributed by atoms with E-state index < -0.39 is 0 Å². The fraction of sp³-hybridized carbons (Fsp3) is 0.250. The number of aromatic nitrogens is 2. The number of amides is 1. The molecule has 1 aliphatic heterocycles. The molecule has 0 saturated heterocycles. The first-order chi connectivity index (χ1) is 16.1. The molecule has 0 bridgehead atoms. The van der Waals surface area contributed by atoms with Gasteiger partial charge < -0.3 is 4.42 Å². The topological polar surface area (TPSA) is 80.7 Å². The number of furan rings is 1. The average Bonchev–Trinajstić information content (AvgIpc) is 3.59. The van der Waals surface area contributed by atoms with Gasteiger partial charge in [0.2, 0.25) is 0 Å². The van der Waals surface area contributed by atoms with Crippen LogP contribution in [0.4, 0.5) is 0 Å². The zero-order valence-electron chi connectivity index (χ0n) is 17.5. The Labute approximate surface area is 197 Å². The van der Waals surface area contributed by atoms with Gasteiger partial charge in [-0.25, -0.2) is 9.99 Å². The molecule has 9 heteroatoms.